The predicted molar refractivity (Wildman–Crippen MR) is 47.3 cm³/mol. The van der Waals surface area contributed by atoms with Crippen LogP contribution < -0.4 is 5.30 Å². The zero-order valence-corrected chi connectivity index (χ0v) is 7.40. The minimum Gasteiger partial charge on any atom is -0.0622 e. The van der Waals surface area contributed by atoms with E-state index >= 15 is 0 Å². The summed E-state index contributed by atoms with van der Waals surface area (Å²) < 4.78 is 0. The lowest BCUT2D eigenvalue weighted by molar-refractivity contribution is 1.78. The third-order valence-electron chi connectivity index (χ3n) is 1.04. The van der Waals surface area contributed by atoms with Gasteiger partial charge in [0.05, 0.1) is 0 Å². The highest BCUT2D eigenvalue weighted by Gasteiger charge is 1.95. The number of benzene rings is 1. The molecule has 1 atom stereocenters. The quantitative estimate of drug-likeness (QED) is 0.614. The van der Waals surface area contributed by atoms with Crippen LogP contribution in [0.15, 0.2) is 30.3 Å². The van der Waals surface area contributed by atoms with E-state index < -0.39 is 0 Å². The molecule has 0 aromatic heterocycles. The lowest BCUT2D eigenvalue weighted by Gasteiger charge is -1.99. The SMILES string of the molecule is [CH2]P(Br)c1ccccc1. The number of rotatable bonds is 1. The molecule has 0 amide bonds. The summed E-state index contributed by atoms with van der Waals surface area (Å²) in [5.74, 6) is 0. The van der Waals surface area contributed by atoms with Crippen LogP contribution in [0.2, 0.25) is 0 Å². The van der Waals surface area contributed by atoms with Crippen LogP contribution in [0.25, 0.3) is 0 Å². The van der Waals surface area contributed by atoms with Crippen molar-refractivity contribution in [3.8, 4) is 0 Å². The summed E-state index contributed by atoms with van der Waals surface area (Å²) in [6.07, 6.45) is 0. The first-order valence-corrected chi connectivity index (χ1v) is 6.17. The Hall–Kier alpha value is 0.130. The van der Waals surface area contributed by atoms with Gasteiger partial charge in [-0.3, -0.25) is 0 Å². The Morgan fingerprint density at radius 3 is 2.11 bits per heavy atom. The van der Waals surface area contributed by atoms with E-state index in [1.165, 1.54) is 5.30 Å². The highest BCUT2D eigenvalue weighted by Crippen LogP contribution is 2.40. The summed E-state index contributed by atoms with van der Waals surface area (Å²) in [6.45, 7) is 3.56. The van der Waals surface area contributed by atoms with E-state index in [0.717, 1.165) is 0 Å². The molecule has 0 aliphatic carbocycles. The molecule has 0 aliphatic rings. The zero-order valence-electron chi connectivity index (χ0n) is 4.92. The fourth-order valence-electron chi connectivity index (χ4n) is 0.590. The average molecular weight is 202 g/mol. The van der Waals surface area contributed by atoms with Crippen LogP contribution in [0, 0.1) is 6.66 Å². The number of hydrogen-bond acceptors (Lipinski definition) is 0. The minimum atomic E-state index is -0.333. The molecule has 0 saturated carbocycles. The van der Waals surface area contributed by atoms with E-state index in [4.69, 9.17) is 0 Å². The van der Waals surface area contributed by atoms with Crippen LogP contribution in [0.5, 0.6) is 0 Å². The Labute approximate surface area is 64.8 Å². The van der Waals surface area contributed by atoms with E-state index in [0.29, 0.717) is 0 Å². The van der Waals surface area contributed by atoms with Gasteiger partial charge in [0, 0.05) is 0 Å². The molecule has 1 unspecified atom stereocenters. The molecule has 1 rings (SSSR count). The maximum absolute atomic E-state index is 3.89. The molecule has 0 bridgehead atoms. The van der Waals surface area contributed by atoms with Crippen LogP contribution in [0.1, 0.15) is 0 Å². The molecule has 0 spiro atoms. The normalized spacial score (nSPS) is 13.1. The molecule has 0 saturated heterocycles. The van der Waals surface area contributed by atoms with E-state index in [1.807, 2.05) is 18.2 Å². The van der Waals surface area contributed by atoms with Gasteiger partial charge in [-0.2, -0.15) is 0 Å². The molecular weight excluding hydrogens is 195 g/mol. The molecule has 2 heteroatoms. The standard InChI is InChI=1S/C7H7BrP/c1-9(8)7-5-3-2-4-6-7/h2-6H,1H2. The van der Waals surface area contributed by atoms with Crippen molar-refractivity contribution in [2.45, 2.75) is 0 Å². The van der Waals surface area contributed by atoms with Gasteiger partial charge < -0.3 is 0 Å². The Bertz CT molecular complexity index is 172. The third-order valence-corrected chi connectivity index (χ3v) is 3.12. The van der Waals surface area contributed by atoms with Crippen molar-refractivity contribution >= 4 is 27.4 Å². The molecule has 47 valence electrons. The topological polar surface area (TPSA) is 0 Å². The van der Waals surface area contributed by atoms with Crippen molar-refractivity contribution in [1.29, 1.82) is 0 Å². The summed E-state index contributed by atoms with van der Waals surface area (Å²) in [4.78, 5) is 0. The first-order chi connectivity index (χ1) is 4.30. The fraction of sp³-hybridized carbons (Fsp3) is 0. The summed E-state index contributed by atoms with van der Waals surface area (Å²) >= 11 is 3.44. The summed E-state index contributed by atoms with van der Waals surface area (Å²) in [5, 5.41) is 1.28. The van der Waals surface area contributed by atoms with Gasteiger partial charge >= 0.3 is 0 Å². The number of hydrogen-bond donors (Lipinski definition) is 0. The van der Waals surface area contributed by atoms with Crippen molar-refractivity contribution in [2.75, 3.05) is 0 Å². The van der Waals surface area contributed by atoms with Gasteiger partial charge in [0.1, 0.15) is 0 Å². The maximum Gasteiger partial charge on any atom is -0.00412 e. The molecule has 0 nitrogen and oxygen atoms in total. The summed E-state index contributed by atoms with van der Waals surface area (Å²) in [5.41, 5.74) is 0. The predicted octanol–water partition coefficient (Wildman–Crippen LogP) is 2.90. The first kappa shape index (κ1) is 7.24. The van der Waals surface area contributed by atoms with E-state index in [1.54, 1.807) is 0 Å². The third kappa shape index (κ3) is 2.08. The molecule has 9 heavy (non-hydrogen) atoms. The molecule has 1 radical (unpaired) electrons. The van der Waals surface area contributed by atoms with E-state index in [-0.39, 0.29) is 6.62 Å². The zero-order chi connectivity index (χ0) is 6.69. The fourth-order valence-corrected chi connectivity index (χ4v) is 1.79. The van der Waals surface area contributed by atoms with Crippen molar-refractivity contribution < 1.29 is 0 Å². The van der Waals surface area contributed by atoms with Gasteiger partial charge in [-0.15, -0.1) is 0 Å². The average Bonchev–Trinajstić information content (AvgIpc) is 1.90. The monoisotopic (exact) mass is 201 g/mol. The van der Waals surface area contributed by atoms with E-state index in [2.05, 4.69) is 34.3 Å². The Balaban J connectivity index is 2.85. The van der Waals surface area contributed by atoms with Crippen LogP contribution in [-0.4, -0.2) is 0 Å². The lowest BCUT2D eigenvalue weighted by atomic mass is 10.4. The lowest BCUT2D eigenvalue weighted by Crippen LogP contribution is -1.91. The molecule has 1 aromatic rings. The summed E-state index contributed by atoms with van der Waals surface area (Å²) in [7, 11) is 0. The van der Waals surface area contributed by atoms with Gasteiger partial charge in [-0.25, -0.2) is 0 Å². The Morgan fingerprint density at radius 1 is 1.22 bits per heavy atom. The summed E-state index contributed by atoms with van der Waals surface area (Å²) in [6, 6.07) is 10.2. The van der Waals surface area contributed by atoms with Gasteiger partial charge in [-0.05, 0) is 18.6 Å². The first-order valence-electron chi connectivity index (χ1n) is 2.62. The van der Waals surface area contributed by atoms with Crippen LogP contribution in [0.3, 0.4) is 0 Å². The van der Waals surface area contributed by atoms with Crippen LogP contribution >= 0.6 is 22.1 Å². The second-order valence-corrected chi connectivity index (χ2v) is 5.51. The minimum absolute atomic E-state index is 0.333. The van der Waals surface area contributed by atoms with Gasteiger partial charge in [0.2, 0.25) is 0 Å². The second kappa shape index (κ2) is 3.34. The Kier molecular flexibility index (Phi) is 2.68. The molecule has 0 heterocycles. The van der Waals surface area contributed by atoms with Crippen molar-refractivity contribution in [2.24, 2.45) is 0 Å². The number of halogens is 1. The molecule has 0 fully saturated rings. The van der Waals surface area contributed by atoms with Gasteiger partial charge in [0.15, 0.2) is 0 Å². The Morgan fingerprint density at radius 2 is 1.78 bits per heavy atom. The molecule has 1 aromatic carbocycles. The highest BCUT2D eigenvalue weighted by atomic mass is 79.9. The van der Waals surface area contributed by atoms with Crippen molar-refractivity contribution in [3.05, 3.63) is 37.0 Å². The van der Waals surface area contributed by atoms with E-state index in [9.17, 15) is 0 Å². The smallest absolute Gasteiger partial charge is 0.00412 e. The highest BCUT2D eigenvalue weighted by molar-refractivity contribution is 9.40. The molecule has 0 aliphatic heterocycles. The van der Waals surface area contributed by atoms with Crippen molar-refractivity contribution in [1.82, 2.24) is 0 Å². The molecular formula is C7H7BrP. The second-order valence-electron chi connectivity index (χ2n) is 1.70. The van der Waals surface area contributed by atoms with Crippen LogP contribution in [0.4, 0.5) is 0 Å². The van der Waals surface area contributed by atoms with Crippen LogP contribution in [-0.2, 0) is 0 Å². The maximum atomic E-state index is 3.89. The largest absolute Gasteiger partial charge is 0.0622 e. The van der Waals surface area contributed by atoms with Gasteiger partial charge in [-0.1, -0.05) is 45.8 Å². The van der Waals surface area contributed by atoms with Gasteiger partial charge in [0.25, 0.3) is 0 Å². The van der Waals surface area contributed by atoms with Crippen molar-refractivity contribution in [3.63, 3.8) is 0 Å². The molecule has 0 N–H and O–H groups in total.